The van der Waals surface area contributed by atoms with Gasteiger partial charge in [-0.15, -0.1) is 0 Å². The molecule has 1 aliphatic heterocycles. The van der Waals surface area contributed by atoms with Crippen LogP contribution in [0.1, 0.15) is 52.4 Å². The summed E-state index contributed by atoms with van der Waals surface area (Å²) in [5.41, 5.74) is 0. The van der Waals surface area contributed by atoms with Gasteiger partial charge in [-0.05, 0) is 51.1 Å². The van der Waals surface area contributed by atoms with Crippen molar-refractivity contribution >= 4 is 0 Å². The number of rotatable bonds is 3. The molecule has 2 fully saturated rings. The molecule has 2 aliphatic rings. The van der Waals surface area contributed by atoms with E-state index in [1.165, 1.54) is 51.6 Å². The SMILES string of the molecule is CC(C)C1CCCC(NC2CCN(C)C2)CC1. The molecular weight excluding hydrogens is 208 g/mol. The minimum absolute atomic E-state index is 0.764. The molecule has 17 heavy (non-hydrogen) atoms. The normalized spacial score (nSPS) is 36.4. The second kappa shape index (κ2) is 6.19. The highest BCUT2D eigenvalue weighted by Crippen LogP contribution is 2.29. The summed E-state index contributed by atoms with van der Waals surface area (Å²) in [5.74, 6) is 1.86. The summed E-state index contributed by atoms with van der Waals surface area (Å²) >= 11 is 0. The molecule has 1 saturated carbocycles. The molecule has 0 aromatic carbocycles. The molecule has 2 heteroatoms. The second-order valence-corrected chi connectivity index (χ2v) is 6.62. The molecule has 1 heterocycles. The third-order valence-corrected chi connectivity index (χ3v) is 4.82. The standard InChI is InChI=1S/C15H30N2/c1-12(2)13-5-4-6-14(8-7-13)16-15-9-10-17(3)11-15/h12-16H,4-11H2,1-3H3. The molecule has 0 aromatic heterocycles. The zero-order chi connectivity index (χ0) is 12.3. The minimum atomic E-state index is 0.764. The zero-order valence-electron chi connectivity index (χ0n) is 11.9. The molecule has 1 N–H and O–H groups in total. The van der Waals surface area contributed by atoms with Crippen molar-refractivity contribution in [2.45, 2.75) is 64.5 Å². The number of hydrogen-bond donors (Lipinski definition) is 1. The van der Waals surface area contributed by atoms with Gasteiger partial charge in [0.15, 0.2) is 0 Å². The van der Waals surface area contributed by atoms with Crippen molar-refractivity contribution < 1.29 is 0 Å². The quantitative estimate of drug-likeness (QED) is 0.761. The number of hydrogen-bond acceptors (Lipinski definition) is 2. The Labute approximate surface area is 107 Å². The summed E-state index contributed by atoms with van der Waals surface area (Å²) in [5, 5.41) is 3.91. The van der Waals surface area contributed by atoms with E-state index in [-0.39, 0.29) is 0 Å². The Morgan fingerprint density at radius 1 is 1.00 bits per heavy atom. The topological polar surface area (TPSA) is 15.3 Å². The summed E-state index contributed by atoms with van der Waals surface area (Å²) in [7, 11) is 2.24. The Morgan fingerprint density at radius 3 is 2.47 bits per heavy atom. The lowest BCUT2D eigenvalue weighted by molar-refractivity contribution is 0.331. The molecule has 0 spiro atoms. The number of likely N-dealkylation sites (N-methyl/N-ethyl adjacent to an activating group) is 1. The molecule has 0 bridgehead atoms. The molecule has 1 aliphatic carbocycles. The Morgan fingerprint density at radius 2 is 1.82 bits per heavy atom. The molecule has 2 rings (SSSR count). The first-order chi connectivity index (χ1) is 8.15. The van der Waals surface area contributed by atoms with Gasteiger partial charge in [0.05, 0.1) is 0 Å². The van der Waals surface area contributed by atoms with Crippen LogP contribution in [0.4, 0.5) is 0 Å². The lowest BCUT2D eigenvalue weighted by Crippen LogP contribution is -2.39. The van der Waals surface area contributed by atoms with Crippen LogP contribution in [0.2, 0.25) is 0 Å². The summed E-state index contributed by atoms with van der Waals surface area (Å²) in [6.45, 7) is 7.32. The fourth-order valence-corrected chi connectivity index (χ4v) is 3.57. The smallest absolute Gasteiger partial charge is 0.0209 e. The van der Waals surface area contributed by atoms with E-state index in [1.54, 1.807) is 0 Å². The lowest BCUT2D eigenvalue weighted by Gasteiger charge is -2.22. The van der Waals surface area contributed by atoms with Gasteiger partial charge in [-0.3, -0.25) is 0 Å². The molecule has 0 aromatic rings. The van der Waals surface area contributed by atoms with Crippen molar-refractivity contribution in [1.29, 1.82) is 0 Å². The van der Waals surface area contributed by atoms with Crippen LogP contribution >= 0.6 is 0 Å². The van der Waals surface area contributed by atoms with Crippen molar-refractivity contribution in [3.05, 3.63) is 0 Å². The van der Waals surface area contributed by atoms with Crippen LogP contribution in [-0.2, 0) is 0 Å². The first-order valence-electron chi connectivity index (χ1n) is 7.59. The van der Waals surface area contributed by atoms with E-state index in [0.717, 1.165) is 23.9 Å². The summed E-state index contributed by atoms with van der Waals surface area (Å²) in [6.07, 6.45) is 8.49. The van der Waals surface area contributed by atoms with E-state index in [0.29, 0.717) is 0 Å². The first-order valence-corrected chi connectivity index (χ1v) is 7.59. The average molecular weight is 238 g/mol. The Hall–Kier alpha value is -0.0800. The summed E-state index contributed by atoms with van der Waals surface area (Å²) in [4.78, 5) is 2.45. The van der Waals surface area contributed by atoms with E-state index in [9.17, 15) is 0 Å². The highest BCUT2D eigenvalue weighted by Gasteiger charge is 2.25. The summed E-state index contributed by atoms with van der Waals surface area (Å²) < 4.78 is 0. The maximum atomic E-state index is 3.91. The highest BCUT2D eigenvalue weighted by molar-refractivity contribution is 4.84. The second-order valence-electron chi connectivity index (χ2n) is 6.62. The van der Waals surface area contributed by atoms with Crippen LogP contribution in [-0.4, -0.2) is 37.1 Å². The summed E-state index contributed by atoms with van der Waals surface area (Å²) in [6, 6.07) is 1.57. The predicted octanol–water partition coefficient (Wildman–Crippen LogP) is 2.89. The highest BCUT2D eigenvalue weighted by atomic mass is 15.2. The van der Waals surface area contributed by atoms with E-state index < -0.39 is 0 Å². The van der Waals surface area contributed by atoms with Crippen LogP contribution in [0.5, 0.6) is 0 Å². The molecule has 3 atom stereocenters. The van der Waals surface area contributed by atoms with Crippen molar-refractivity contribution in [1.82, 2.24) is 10.2 Å². The van der Waals surface area contributed by atoms with Crippen molar-refractivity contribution in [2.75, 3.05) is 20.1 Å². The van der Waals surface area contributed by atoms with Gasteiger partial charge < -0.3 is 10.2 Å². The Balaban J connectivity index is 1.75. The lowest BCUT2D eigenvalue weighted by atomic mass is 9.89. The number of nitrogens with one attached hydrogen (secondary N) is 1. The van der Waals surface area contributed by atoms with Gasteiger partial charge in [-0.25, -0.2) is 0 Å². The number of nitrogens with zero attached hydrogens (tertiary/aromatic N) is 1. The largest absolute Gasteiger partial charge is 0.310 e. The number of likely N-dealkylation sites (tertiary alicyclic amines) is 1. The van der Waals surface area contributed by atoms with Crippen LogP contribution in [0, 0.1) is 11.8 Å². The molecular formula is C15H30N2. The van der Waals surface area contributed by atoms with Gasteiger partial charge >= 0.3 is 0 Å². The monoisotopic (exact) mass is 238 g/mol. The van der Waals surface area contributed by atoms with Gasteiger partial charge in [-0.2, -0.15) is 0 Å². The van der Waals surface area contributed by atoms with Crippen molar-refractivity contribution in [3.8, 4) is 0 Å². The van der Waals surface area contributed by atoms with E-state index >= 15 is 0 Å². The van der Waals surface area contributed by atoms with Crippen LogP contribution in [0.25, 0.3) is 0 Å². The van der Waals surface area contributed by atoms with Gasteiger partial charge in [0.2, 0.25) is 0 Å². The fourth-order valence-electron chi connectivity index (χ4n) is 3.57. The molecule has 0 amide bonds. The molecule has 2 nitrogen and oxygen atoms in total. The Bertz CT molecular complexity index is 227. The molecule has 1 saturated heterocycles. The van der Waals surface area contributed by atoms with Crippen LogP contribution in [0.15, 0.2) is 0 Å². The molecule has 3 unspecified atom stereocenters. The van der Waals surface area contributed by atoms with Gasteiger partial charge in [0.25, 0.3) is 0 Å². The predicted molar refractivity (Wildman–Crippen MR) is 74.2 cm³/mol. The van der Waals surface area contributed by atoms with E-state index in [1.807, 2.05) is 0 Å². The van der Waals surface area contributed by atoms with Crippen molar-refractivity contribution in [3.63, 3.8) is 0 Å². The van der Waals surface area contributed by atoms with Gasteiger partial charge in [0, 0.05) is 18.6 Å². The van der Waals surface area contributed by atoms with Gasteiger partial charge in [0.1, 0.15) is 0 Å². The third kappa shape index (κ3) is 3.96. The van der Waals surface area contributed by atoms with Crippen LogP contribution < -0.4 is 5.32 Å². The fraction of sp³-hybridized carbons (Fsp3) is 1.00. The molecule has 100 valence electrons. The first kappa shape index (κ1) is 13.4. The average Bonchev–Trinajstić information content (AvgIpc) is 2.54. The van der Waals surface area contributed by atoms with Crippen LogP contribution in [0.3, 0.4) is 0 Å². The maximum Gasteiger partial charge on any atom is 0.0209 e. The zero-order valence-corrected chi connectivity index (χ0v) is 11.9. The van der Waals surface area contributed by atoms with E-state index in [4.69, 9.17) is 0 Å². The van der Waals surface area contributed by atoms with Gasteiger partial charge in [-0.1, -0.05) is 26.7 Å². The maximum absolute atomic E-state index is 3.91. The van der Waals surface area contributed by atoms with E-state index in [2.05, 4.69) is 31.1 Å². The minimum Gasteiger partial charge on any atom is -0.310 e. The third-order valence-electron chi connectivity index (χ3n) is 4.82. The molecule has 0 radical (unpaired) electrons. The van der Waals surface area contributed by atoms with Crippen molar-refractivity contribution in [2.24, 2.45) is 11.8 Å². The Kier molecular flexibility index (Phi) is 4.87.